The van der Waals surface area contributed by atoms with E-state index in [-0.39, 0.29) is 11.9 Å². The van der Waals surface area contributed by atoms with Gasteiger partial charge in [-0.2, -0.15) is 0 Å². The molecule has 0 saturated heterocycles. The summed E-state index contributed by atoms with van der Waals surface area (Å²) in [6.45, 7) is 4.04. The summed E-state index contributed by atoms with van der Waals surface area (Å²) in [5.74, 6) is 1.29. The van der Waals surface area contributed by atoms with Gasteiger partial charge in [-0.15, -0.1) is 0 Å². The number of fused-ring (bicyclic) bond motifs is 1. The standard InChI is InChI=1S/C19H24N4O2/c1-2-11-25-16-6-3-14(4-7-16)5-8-18(24)23-10-9-15-12-21-19(20)22-17(15)13-23/h3-4,6-7,12H,2,5,8-11,13H2,1H3,(H2,20,21,22). The van der Waals surface area contributed by atoms with Crippen molar-refractivity contribution >= 4 is 11.9 Å². The summed E-state index contributed by atoms with van der Waals surface area (Å²) >= 11 is 0. The van der Waals surface area contributed by atoms with E-state index >= 15 is 0 Å². The van der Waals surface area contributed by atoms with Gasteiger partial charge >= 0.3 is 0 Å². The molecule has 6 nitrogen and oxygen atoms in total. The summed E-state index contributed by atoms with van der Waals surface area (Å²) in [6.07, 6.45) is 4.76. The molecule has 1 aromatic heterocycles. The van der Waals surface area contributed by atoms with Gasteiger partial charge in [-0.05, 0) is 42.5 Å². The number of benzene rings is 1. The molecule has 1 aromatic carbocycles. The largest absolute Gasteiger partial charge is 0.494 e. The van der Waals surface area contributed by atoms with E-state index in [0.29, 0.717) is 19.5 Å². The first-order valence-electron chi connectivity index (χ1n) is 8.75. The van der Waals surface area contributed by atoms with Crippen molar-refractivity contribution in [3.05, 3.63) is 47.3 Å². The monoisotopic (exact) mass is 340 g/mol. The molecule has 0 bridgehead atoms. The van der Waals surface area contributed by atoms with Crippen LogP contribution >= 0.6 is 0 Å². The van der Waals surface area contributed by atoms with E-state index in [0.717, 1.165) is 48.4 Å². The predicted molar refractivity (Wildman–Crippen MR) is 96.1 cm³/mol. The van der Waals surface area contributed by atoms with Gasteiger partial charge in [0.15, 0.2) is 0 Å². The van der Waals surface area contributed by atoms with Crippen LogP contribution in [0.4, 0.5) is 5.95 Å². The summed E-state index contributed by atoms with van der Waals surface area (Å²) in [7, 11) is 0. The number of rotatable bonds is 6. The lowest BCUT2D eigenvalue weighted by Crippen LogP contribution is -2.36. The van der Waals surface area contributed by atoms with E-state index in [2.05, 4.69) is 16.9 Å². The number of hydrogen-bond acceptors (Lipinski definition) is 5. The fraction of sp³-hybridized carbons (Fsp3) is 0.421. The first-order chi connectivity index (χ1) is 12.2. The number of aryl methyl sites for hydroxylation is 1. The molecule has 132 valence electrons. The minimum absolute atomic E-state index is 0.147. The molecule has 2 heterocycles. The molecule has 1 amide bonds. The van der Waals surface area contributed by atoms with Crippen LogP contribution in [-0.2, 0) is 24.2 Å². The van der Waals surface area contributed by atoms with Crippen LogP contribution in [-0.4, -0.2) is 33.9 Å². The molecule has 0 fully saturated rings. The van der Waals surface area contributed by atoms with Crippen LogP contribution in [0, 0.1) is 0 Å². The third-order valence-corrected chi connectivity index (χ3v) is 4.34. The molecule has 25 heavy (non-hydrogen) atoms. The first-order valence-corrected chi connectivity index (χ1v) is 8.75. The molecular formula is C19H24N4O2. The van der Waals surface area contributed by atoms with Crippen LogP contribution in [0.1, 0.15) is 36.6 Å². The average molecular weight is 340 g/mol. The minimum Gasteiger partial charge on any atom is -0.494 e. The molecule has 1 aliphatic heterocycles. The normalized spacial score (nSPS) is 13.4. The topological polar surface area (TPSA) is 81.3 Å². The summed E-state index contributed by atoms with van der Waals surface area (Å²) in [6, 6.07) is 7.98. The summed E-state index contributed by atoms with van der Waals surface area (Å²) in [5, 5.41) is 0. The molecule has 0 atom stereocenters. The maximum absolute atomic E-state index is 12.5. The van der Waals surface area contributed by atoms with Crippen molar-refractivity contribution < 1.29 is 9.53 Å². The number of carbonyl (C=O) groups excluding carboxylic acids is 1. The molecular weight excluding hydrogens is 316 g/mol. The van der Waals surface area contributed by atoms with Crippen LogP contribution in [0.3, 0.4) is 0 Å². The maximum atomic E-state index is 12.5. The molecule has 3 rings (SSSR count). The Labute approximate surface area is 148 Å². The first kappa shape index (κ1) is 17.2. The zero-order valence-corrected chi connectivity index (χ0v) is 14.6. The van der Waals surface area contributed by atoms with Crippen LogP contribution in [0.2, 0.25) is 0 Å². The van der Waals surface area contributed by atoms with E-state index in [1.54, 1.807) is 6.20 Å². The van der Waals surface area contributed by atoms with Crippen molar-refractivity contribution in [3.8, 4) is 5.75 Å². The molecule has 1 aliphatic rings. The van der Waals surface area contributed by atoms with Crippen LogP contribution in [0.25, 0.3) is 0 Å². The van der Waals surface area contributed by atoms with Crippen molar-refractivity contribution in [2.24, 2.45) is 0 Å². The molecule has 6 heteroatoms. The Hall–Kier alpha value is -2.63. The molecule has 2 aromatic rings. The van der Waals surface area contributed by atoms with E-state index in [9.17, 15) is 4.79 Å². The maximum Gasteiger partial charge on any atom is 0.223 e. The smallest absolute Gasteiger partial charge is 0.223 e. The zero-order valence-electron chi connectivity index (χ0n) is 14.6. The number of anilines is 1. The van der Waals surface area contributed by atoms with Crippen molar-refractivity contribution in [1.29, 1.82) is 0 Å². The Balaban J connectivity index is 1.53. The fourth-order valence-electron chi connectivity index (χ4n) is 2.91. The highest BCUT2D eigenvalue weighted by atomic mass is 16.5. The number of hydrogen-bond donors (Lipinski definition) is 1. The second-order valence-electron chi connectivity index (χ2n) is 6.26. The van der Waals surface area contributed by atoms with E-state index in [1.807, 2.05) is 29.2 Å². The number of carbonyl (C=O) groups is 1. The SMILES string of the molecule is CCCOc1ccc(CCC(=O)N2CCc3cnc(N)nc3C2)cc1. The minimum atomic E-state index is 0.147. The van der Waals surface area contributed by atoms with Crippen molar-refractivity contribution in [1.82, 2.24) is 14.9 Å². The third kappa shape index (κ3) is 4.47. The third-order valence-electron chi connectivity index (χ3n) is 4.34. The van der Waals surface area contributed by atoms with Gasteiger partial charge in [-0.1, -0.05) is 19.1 Å². The van der Waals surface area contributed by atoms with Crippen molar-refractivity contribution in [2.45, 2.75) is 39.2 Å². The zero-order chi connectivity index (χ0) is 17.6. The quantitative estimate of drug-likeness (QED) is 0.873. The second kappa shape index (κ2) is 7.96. The van der Waals surface area contributed by atoms with Gasteiger partial charge in [0, 0.05) is 19.2 Å². The van der Waals surface area contributed by atoms with E-state index in [1.165, 1.54) is 0 Å². The van der Waals surface area contributed by atoms with Gasteiger partial charge in [0.2, 0.25) is 11.9 Å². The van der Waals surface area contributed by atoms with Gasteiger partial charge in [-0.3, -0.25) is 4.79 Å². The lowest BCUT2D eigenvalue weighted by atomic mass is 10.1. The Bertz CT molecular complexity index is 731. The lowest BCUT2D eigenvalue weighted by Gasteiger charge is -2.28. The Morgan fingerprint density at radius 1 is 1.32 bits per heavy atom. The van der Waals surface area contributed by atoms with Gasteiger partial charge < -0.3 is 15.4 Å². The number of amides is 1. The molecule has 0 radical (unpaired) electrons. The van der Waals surface area contributed by atoms with Gasteiger partial charge in [0.1, 0.15) is 5.75 Å². The number of ether oxygens (including phenoxy) is 1. The summed E-state index contributed by atoms with van der Waals surface area (Å²) in [4.78, 5) is 22.6. The summed E-state index contributed by atoms with van der Waals surface area (Å²) in [5.41, 5.74) is 8.73. The Kier molecular flexibility index (Phi) is 5.48. The van der Waals surface area contributed by atoms with Gasteiger partial charge in [-0.25, -0.2) is 9.97 Å². The van der Waals surface area contributed by atoms with Crippen LogP contribution in [0.5, 0.6) is 5.75 Å². The highest BCUT2D eigenvalue weighted by molar-refractivity contribution is 5.76. The number of nitrogen functional groups attached to an aromatic ring is 1. The van der Waals surface area contributed by atoms with Gasteiger partial charge in [0.25, 0.3) is 0 Å². The van der Waals surface area contributed by atoms with Crippen LogP contribution < -0.4 is 10.5 Å². The number of nitrogens with zero attached hydrogens (tertiary/aromatic N) is 3. The Morgan fingerprint density at radius 2 is 2.12 bits per heavy atom. The van der Waals surface area contributed by atoms with Crippen molar-refractivity contribution in [2.75, 3.05) is 18.9 Å². The number of nitrogens with two attached hydrogens (primary N) is 1. The molecule has 0 spiro atoms. The molecule has 0 unspecified atom stereocenters. The summed E-state index contributed by atoms with van der Waals surface area (Å²) < 4.78 is 5.58. The predicted octanol–water partition coefficient (Wildman–Crippen LogP) is 2.37. The lowest BCUT2D eigenvalue weighted by molar-refractivity contribution is -0.132. The fourth-order valence-corrected chi connectivity index (χ4v) is 2.91. The van der Waals surface area contributed by atoms with Crippen molar-refractivity contribution in [3.63, 3.8) is 0 Å². The highest BCUT2D eigenvalue weighted by Gasteiger charge is 2.21. The molecule has 0 aliphatic carbocycles. The molecule has 2 N–H and O–H groups in total. The van der Waals surface area contributed by atoms with Crippen LogP contribution in [0.15, 0.2) is 30.5 Å². The molecule has 0 saturated carbocycles. The second-order valence-corrected chi connectivity index (χ2v) is 6.26. The average Bonchev–Trinajstić information content (AvgIpc) is 2.64. The van der Waals surface area contributed by atoms with E-state index in [4.69, 9.17) is 10.5 Å². The van der Waals surface area contributed by atoms with Gasteiger partial charge in [0.05, 0.1) is 18.8 Å². The van der Waals surface area contributed by atoms with E-state index < -0.39 is 0 Å². The Morgan fingerprint density at radius 3 is 2.88 bits per heavy atom. The highest BCUT2D eigenvalue weighted by Crippen LogP contribution is 2.19. The number of aromatic nitrogens is 2.